The van der Waals surface area contributed by atoms with Gasteiger partial charge in [0.25, 0.3) is 0 Å². The van der Waals surface area contributed by atoms with Gasteiger partial charge in [0.2, 0.25) is 0 Å². The zero-order chi connectivity index (χ0) is 14.9. The van der Waals surface area contributed by atoms with E-state index < -0.39 is 0 Å². The van der Waals surface area contributed by atoms with E-state index in [1.165, 1.54) is 63.6 Å². The van der Waals surface area contributed by atoms with Crippen molar-refractivity contribution in [2.24, 2.45) is 5.92 Å². The van der Waals surface area contributed by atoms with E-state index in [1.54, 1.807) is 7.11 Å². The highest BCUT2D eigenvalue weighted by Gasteiger charge is 2.17. The Morgan fingerprint density at radius 2 is 1.81 bits per heavy atom. The lowest BCUT2D eigenvalue weighted by Gasteiger charge is -2.30. The summed E-state index contributed by atoms with van der Waals surface area (Å²) in [6.07, 6.45) is 9.79. The Bertz CT molecular complexity index is 381. The average molecular weight is 289 g/mol. The summed E-state index contributed by atoms with van der Waals surface area (Å²) in [5.74, 6) is 1.87. The molecule has 0 saturated heterocycles. The molecule has 0 aromatic heterocycles. The molecule has 1 saturated carbocycles. The van der Waals surface area contributed by atoms with Crippen LogP contribution in [0.25, 0.3) is 0 Å². The van der Waals surface area contributed by atoms with Crippen molar-refractivity contribution in [1.29, 1.82) is 0 Å². The van der Waals surface area contributed by atoms with Gasteiger partial charge in [-0.3, -0.25) is 4.90 Å². The summed E-state index contributed by atoms with van der Waals surface area (Å²) in [7, 11) is 1.73. The summed E-state index contributed by atoms with van der Waals surface area (Å²) in [4.78, 5) is 2.67. The molecule has 2 rings (SSSR count). The van der Waals surface area contributed by atoms with E-state index in [4.69, 9.17) is 4.74 Å². The number of nitrogens with zero attached hydrogens (tertiary/aromatic N) is 1. The van der Waals surface area contributed by atoms with Gasteiger partial charge in [-0.05, 0) is 49.4 Å². The van der Waals surface area contributed by atoms with Gasteiger partial charge in [-0.25, -0.2) is 0 Å². The number of benzene rings is 1. The van der Waals surface area contributed by atoms with E-state index in [9.17, 15) is 0 Å². The molecule has 0 heterocycles. The van der Waals surface area contributed by atoms with Gasteiger partial charge in [0, 0.05) is 13.1 Å². The van der Waals surface area contributed by atoms with Crippen LogP contribution in [0.5, 0.6) is 5.75 Å². The Labute approximate surface area is 130 Å². The fourth-order valence-electron chi connectivity index (χ4n) is 3.34. The highest BCUT2D eigenvalue weighted by Crippen LogP contribution is 2.25. The monoisotopic (exact) mass is 289 g/mol. The van der Waals surface area contributed by atoms with Gasteiger partial charge in [0.15, 0.2) is 0 Å². The Balaban J connectivity index is 1.90. The van der Waals surface area contributed by atoms with E-state index in [1.807, 2.05) is 0 Å². The number of ether oxygens (including phenoxy) is 1. The van der Waals surface area contributed by atoms with Gasteiger partial charge in [0.1, 0.15) is 5.75 Å². The van der Waals surface area contributed by atoms with Crippen LogP contribution >= 0.6 is 0 Å². The number of unbranched alkanes of at least 4 members (excludes halogenated alkanes) is 1. The summed E-state index contributed by atoms with van der Waals surface area (Å²) in [5, 5.41) is 0. The van der Waals surface area contributed by atoms with Crippen molar-refractivity contribution in [3.05, 3.63) is 29.8 Å². The van der Waals surface area contributed by atoms with Crippen LogP contribution in [-0.2, 0) is 6.54 Å². The third kappa shape index (κ3) is 5.70. The van der Waals surface area contributed by atoms with Crippen molar-refractivity contribution >= 4 is 0 Å². The van der Waals surface area contributed by atoms with E-state index in [-0.39, 0.29) is 0 Å². The molecule has 0 unspecified atom stereocenters. The Morgan fingerprint density at radius 1 is 1.10 bits per heavy atom. The molecule has 1 fully saturated rings. The van der Waals surface area contributed by atoms with Crippen LogP contribution in [0.3, 0.4) is 0 Å². The molecule has 0 atom stereocenters. The molecule has 2 heteroatoms. The molecule has 1 aromatic rings. The standard InChI is InChI=1S/C19H31NO/c1-3-4-14-20(15-17-8-6-5-7-9-17)16-18-10-12-19(21-2)13-11-18/h10-13,17H,3-9,14-16H2,1-2H3. The highest BCUT2D eigenvalue weighted by atomic mass is 16.5. The molecule has 0 spiro atoms. The van der Waals surface area contributed by atoms with Crippen LogP contribution in [0.4, 0.5) is 0 Å². The first-order valence-electron chi connectivity index (χ1n) is 8.67. The van der Waals surface area contributed by atoms with Crippen molar-refractivity contribution in [3.8, 4) is 5.75 Å². The van der Waals surface area contributed by atoms with Gasteiger partial charge >= 0.3 is 0 Å². The maximum absolute atomic E-state index is 5.25. The predicted octanol–water partition coefficient (Wildman–Crippen LogP) is 4.88. The van der Waals surface area contributed by atoms with Gasteiger partial charge in [0.05, 0.1) is 7.11 Å². The molecule has 1 aliphatic rings. The summed E-state index contributed by atoms with van der Waals surface area (Å²) >= 11 is 0. The molecule has 2 nitrogen and oxygen atoms in total. The SMILES string of the molecule is CCCCN(Cc1ccc(OC)cc1)CC1CCCCC1. The molecule has 118 valence electrons. The van der Waals surface area contributed by atoms with E-state index in [0.29, 0.717) is 0 Å². The normalized spacial score (nSPS) is 16.3. The minimum atomic E-state index is 0.925. The summed E-state index contributed by atoms with van der Waals surface area (Å²) < 4.78 is 5.25. The molecule has 0 amide bonds. The number of hydrogen-bond donors (Lipinski definition) is 0. The molecule has 21 heavy (non-hydrogen) atoms. The largest absolute Gasteiger partial charge is 0.497 e. The quantitative estimate of drug-likeness (QED) is 0.676. The topological polar surface area (TPSA) is 12.5 Å². The molecule has 0 N–H and O–H groups in total. The second-order valence-electron chi connectivity index (χ2n) is 6.44. The average Bonchev–Trinajstić information content (AvgIpc) is 2.54. The van der Waals surface area contributed by atoms with Crippen LogP contribution < -0.4 is 4.74 Å². The first kappa shape index (κ1) is 16.4. The smallest absolute Gasteiger partial charge is 0.118 e. The summed E-state index contributed by atoms with van der Waals surface area (Å²) in [5.41, 5.74) is 1.41. The second-order valence-corrected chi connectivity index (χ2v) is 6.44. The zero-order valence-corrected chi connectivity index (χ0v) is 13.8. The zero-order valence-electron chi connectivity index (χ0n) is 13.8. The van der Waals surface area contributed by atoms with E-state index >= 15 is 0 Å². The molecule has 0 bridgehead atoms. The lowest BCUT2D eigenvalue weighted by molar-refractivity contribution is 0.191. The number of hydrogen-bond acceptors (Lipinski definition) is 2. The molecule has 0 radical (unpaired) electrons. The Morgan fingerprint density at radius 3 is 2.43 bits per heavy atom. The fourth-order valence-corrected chi connectivity index (χ4v) is 3.34. The Hall–Kier alpha value is -1.02. The van der Waals surface area contributed by atoms with Crippen molar-refractivity contribution in [1.82, 2.24) is 4.90 Å². The predicted molar refractivity (Wildman–Crippen MR) is 89.8 cm³/mol. The molecular weight excluding hydrogens is 258 g/mol. The Kier molecular flexibility index (Phi) is 7.08. The van der Waals surface area contributed by atoms with Crippen LogP contribution in [0, 0.1) is 5.92 Å². The fraction of sp³-hybridized carbons (Fsp3) is 0.684. The first-order chi connectivity index (χ1) is 10.3. The van der Waals surface area contributed by atoms with Gasteiger partial charge < -0.3 is 4.74 Å². The van der Waals surface area contributed by atoms with Crippen LogP contribution in [0.2, 0.25) is 0 Å². The van der Waals surface area contributed by atoms with Crippen molar-refractivity contribution in [3.63, 3.8) is 0 Å². The summed E-state index contributed by atoms with van der Waals surface area (Å²) in [6, 6.07) is 8.57. The van der Waals surface area contributed by atoms with Crippen LogP contribution in [-0.4, -0.2) is 25.1 Å². The third-order valence-electron chi connectivity index (χ3n) is 4.63. The summed E-state index contributed by atoms with van der Waals surface area (Å²) in [6.45, 7) is 5.89. The molecular formula is C19H31NO. The third-order valence-corrected chi connectivity index (χ3v) is 4.63. The van der Waals surface area contributed by atoms with Crippen LogP contribution in [0.15, 0.2) is 24.3 Å². The minimum absolute atomic E-state index is 0.925. The lowest BCUT2D eigenvalue weighted by Crippen LogP contribution is -2.31. The van der Waals surface area contributed by atoms with Crippen LogP contribution in [0.1, 0.15) is 57.4 Å². The van der Waals surface area contributed by atoms with Gasteiger partial charge in [-0.2, -0.15) is 0 Å². The first-order valence-corrected chi connectivity index (χ1v) is 8.67. The minimum Gasteiger partial charge on any atom is -0.497 e. The van der Waals surface area contributed by atoms with Crippen molar-refractivity contribution < 1.29 is 4.74 Å². The maximum atomic E-state index is 5.25. The van der Waals surface area contributed by atoms with Crippen molar-refractivity contribution in [2.45, 2.75) is 58.4 Å². The number of methoxy groups -OCH3 is 1. The van der Waals surface area contributed by atoms with Gasteiger partial charge in [-0.15, -0.1) is 0 Å². The second kappa shape index (κ2) is 9.09. The van der Waals surface area contributed by atoms with Gasteiger partial charge in [-0.1, -0.05) is 44.7 Å². The lowest BCUT2D eigenvalue weighted by atomic mass is 9.89. The number of rotatable bonds is 8. The molecule has 1 aromatic carbocycles. The highest BCUT2D eigenvalue weighted by molar-refractivity contribution is 5.27. The van der Waals surface area contributed by atoms with Crippen molar-refractivity contribution in [2.75, 3.05) is 20.2 Å². The maximum Gasteiger partial charge on any atom is 0.118 e. The molecule has 0 aliphatic heterocycles. The van der Waals surface area contributed by atoms with E-state index in [2.05, 4.69) is 36.1 Å². The van der Waals surface area contributed by atoms with E-state index in [0.717, 1.165) is 18.2 Å². The molecule has 1 aliphatic carbocycles.